The summed E-state index contributed by atoms with van der Waals surface area (Å²) in [5.74, 6) is -3.92. The van der Waals surface area contributed by atoms with Gasteiger partial charge in [-0.3, -0.25) is 62.3 Å². The number of carboxylic acids is 4. The fourth-order valence-corrected chi connectivity index (χ4v) is 15.0. The van der Waals surface area contributed by atoms with Crippen molar-refractivity contribution in [1.29, 1.82) is 0 Å². The molecule has 0 spiro atoms. The van der Waals surface area contributed by atoms with Crippen molar-refractivity contribution >= 4 is 99.9 Å². The standard InChI is InChI=1S/C52H87N5O11.C50H85N7O11.C6H12O/c1-39(40(2)58)23-18-20-36-55-50(63)46(54)28-19-21-37-56-49(62)45(53)27-16-12-15-26-43(60)32-35-47(52(66)67)57-48(61)29-17-10-6-5-9-14-25-42(59)24-13-8-4-3-7-11-22-38-68-44-33-30-41(31-34-44)51(64)65;1-37(58)41(51)22-15-18-34-55-48(63)43(53)24-16-19-35-56-47(62)42(52)23-12-10-11-21-39(59)29-32-44(50(66)67)57-46(61)26-14-7-5-8-17-33-54-45(60)25-13-6-3-2-4-9-20-36-68-40-30-27-38(28-31-40)49(64)65;1-5(7)6(2,3)4/h30-31,33-34,39,45-47H,3-29,32,35-38,53-54H2,1-2H3,(H,55,63)(H,56,62)(H,57,61)(H,64,65)(H,66,67);27-28,30-31,41-44H,2-26,29,32-36,51-53H2,1H3,(H,54,60)(H,55,63)(H,56,62)(H,57,61)(H,64,65)(H,66,67);1-4H3/t39-,45-,46-,47-;41-,42-,43-,44-;/m00./s1. The first-order valence-corrected chi connectivity index (χ1v) is 53.3. The van der Waals surface area contributed by atoms with Gasteiger partial charge >= 0.3 is 23.9 Å². The zero-order chi connectivity index (χ0) is 107. The lowest BCUT2D eigenvalue weighted by Crippen LogP contribution is -2.42. The van der Waals surface area contributed by atoms with Gasteiger partial charge in [-0.15, -0.1) is 0 Å². The zero-order valence-corrected chi connectivity index (χ0v) is 87.7. The fraction of sp³-hybridized carbons (Fsp3) is 0.731. The highest BCUT2D eigenvalue weighted by Gasteiger charge is 2.25. The van der Waals surface area contributed by atoms with E-state index in [-0.39, 0.29) is 144 Å². The highest BCUT2D eigenvalue weighted by molar-refractivity contribution is 5.90. The van der Waals surface area contributed by atoms with Crippen molar-refractivity contribution in [3.63, 3.8) is 0 Å². The van der Waals surface area contributed by atoms with Crippen LogP contribution in [0.4, 0.5) is 0 Å². The number of Topliss-reactive ketones (excluding diaryl/α,β-unsaturated/α-hetero) is 6. The second kappa shape index (κ2) is 85.3. The number of ether oxygens (including phenoxy) is 2. The van der Waals surface area contributed by atoms with Crippen LogP contribution in [0, 0.1) is 11.3 Å². The number of ketones is 6. The summed E-state index contributed by atoms with van der Waals surface area (Å²) in [6.45, 7) is 16.0. The maximum atomic E-state index is 12.5. The van der Waals surface area contributed by atoms with E-state index in [0.29, 0.717) is 198 Å². The molecule has 0 aliphatic rings. The van der Waals surface area contributed by atoms with Crippen LogP contribution in [0.15, 0.2) is 48.5 Å². The third-order valence-electron chi connectivity index (χ3n) is 25.2. The number of nitrogens with two attached hydrogens (primary N) is 5. The van der Waals surface area contributed by atoms with Crippen LogP contribution in [0.1, 0.15) is 429 Å². The Hall–Kier alpha value is -9.97. The van der Waals surface area contributed by atoms with Crippen LogP contribution in [-0.2, 0) is 71.9 Å². The first kappa shape index (κ1) is 133. The van der Waals surface area contributed by atoms with E-state index < -0.39 is 66.2 Å². The van der Waals surface area contributed by atoms with Crippen LogP contribution in [0.5, 0.6) is 11.5 Å². The van der Waals surface area contributed by atoms with E-state index in [2.05, 4.69) is 37.2 Å². The quantitative estimate of drug-likeness (QED) is 0.0274. The second-order valence-corrected chi connectivity index (χ2v) is 39.2. The molecule has 8 atom stereocenters. The molecular formula is C108H184N12O23. The SMILES string of the molecule is CC(=O)C(C)(C)C.CC(=O)[C@@H](C)CCCCNC(=O)[C@@H](N)CCCCNC(=O)[C@@H](N)CCCCCC(=O)CC[C@H](NC(=O)CCCCCCCCC(=O)CCCCCCCCCOc1ccc(C(=O)O)cc1)C(=O)O.CC(=O)[C@@H](N)CCCCNC(=O)[C@@H](N)CCCCNC(=O)[C@@H](N)CCCCCC(=O)CC[C@H](NC(=O)CCCCCCCNC(=O)CCCCCCCCCOc1ccc(C(=O)O)cc1)C(=O)O. The number of carbonyl (C=O) groups excluding carboxylic acids is 13. The smallest absolute Gasteiger partial charge is 0.335 e. The van der Waals surface area contributed by atoms with Crippen molar-refractivity contribution in [3.8, 4) is 11.5 Å². The summed E-state index contributed by atoms with van der Waals surface area (Å²) in [6.07, 6.45) is 39.6. The van der Waals surface area contributed by atoms with E-state index in [1.54, 1.807) is 38.1 Å². The number of nitrogens with one attached hydrogen (secondary N) is 7. The minimum Gasteiger partial charge on any atom is -0.494 e. The minimum absolute atomic E-state index is 0.0180. The van der Waals surface area contributed by atoms with Gasteiger partial charge in [-0.1, -0.05) is 169 Å². The highest BCUT2D eigenvalue weighted by Crippen LogP contribution is 2.21. The van der Waals surface area contributed by atoms with E-state index in [0.717, 1.165) is 173 Å². The molecule has 2 aromatic rings. The van der Waals surface area contributed by atoms with Gasteiger partial charge in [0.1, 0.15) is 58.3 Å². The molecule has 0 heterocycles. The lowest BCUT2D eigenvalue weighted by Gasteiger charge is -2.14. The van der Waals surface area contributed by atoms with Crippen LogP contribution in [-0.4, -0.2) is 209 Å². The van der Waals surface area contributed by atoms with Crippen molar-refractivity contribution in [3.05, 3.63) is 59.7 Å². The Morgan fingerprint density at radius 3 is 0.804 bits per heavy atom. The molecule has 0 aliphatic carbocycles. The maximum absolute atomic E-state index is 12.5. The van der Waals surface area contributed by atoms with Crippen LogP contribution < -0.4 is 75.4 Å². The van der Waals surface area contributed by atoms with Gasteiger partial charge in [-0.2, -0.15) is 0 Å². The van der Waals surface area contributed by atoms with E-state index in [1.165, 1.54) is 31.2 Å². The summed E-state index contributed by atoms with van der Waals surface area (Å²) < 4.78 is 11.3. The molecule has 7 amide bonds. The number of carbonyl (C=O) groups is 17. The van der Waals surface area contributed by atoms with Crippen LogP contribution in [0.25, 0.3) is 0 Å². The number of amides is 7. The number of aromatic carboxylic acids is 2. The number of aliphatic carboxylic acids is 2. The van der Waals surface area contributed by atoms with Crippen LogP contribution >= 0.6 is 0 Å². The summed E-state index contributed by atoms with van der Waals surface area (Å²) in [4.78, 5) is 202. The van der Waals surface area contributed by atoms with Crippen LogP contribution in [0.2, 0.25) is 0 Å². The molecule has 0 saturated heterocycles. The van der Waals surface area contributed by atoms with Gasteiger partial charge in [-0.05, 0) is 230 Å². The average molecular weight is 2020 g/mol. The number of unbranched alkanes of at least 4 members (excludes halogenated alkanes) is 29. The number of rotatable bonds is 89. The second-order valence-electron chi connectivity index (χ2n) is 39.2. The molecule has 0 aliphatic heterocycles. The molecule has 2 rings (SSSR count). The Labute approximate surface area is 851 Å². The molecule has 35 heteroatoms. The van der Waals surface area contributed by atoms with Gasteiger partial charge in [0.15, 0.2) is 0 Å². The van der Waals surface area contributed by atoms with Crippen molar-refractivity contribution in [2.45, 2.75) is 450 Å². The van der Waals surface area contributed by atoms with Gasteiger partial charge in [0.05, 0.1) is 54.5 Å². The Bertz CT molecular complexity index is 3700. The zero-order valence-electron chi connectivity index (χ0n) is 87.7. The lowest BCUT2D eigenvalue weighted by molar-refractivity contribution is -0.142. The third kappa shape index (κ3) is 77.2. The molecule has 814 valence electrons. The minimum atomic E-state index is -1.18. The highest BCUT2D eigenvalue weighted by atomic mass is 16.5. The van der Waals surface area contributed by atoms with E-state index in [9.17, 15) is 91.7 Å². The molecule has 143 heavy (non-hydrogen) atoms. The number of hydrogen-bond acceptors (Lipinski definition) is 24. The van der Waals surface area contributed by atoms with Gasteiger partial charge < -0.3 is 95.8 Å². The molecular weight excluding hydrogens is 1830 g/mol. The van der Waals surface area contributed by atoms with Gasteiger partial charge in [0, 0.05) is 102 Å². The summed E-state index contributed by atoms with van der Waals surface area (Å²) >= 11 is 0. The van der Waals surface area contributed by atoms with Crippen molar-refractivity contribution in [2.75, 3.05) is 45.9 Å². The van der Waals surface area contributed by atoms with E-state index in [4.69, 9.17) is 48.4 Å². The normalized spacial score (nSPS) is 12.8. The first-order chi connectivity index (χ1) is 68.1. The van der Waals surface area contributed by atoms with Gasteiger partial charge in [0.25, 0.3) is 0 Å². The molecule has 2 aromatic carbocycles. The Kier molecular flexibility index (Phi) is 79.3. The van der Waals surface area contributed by atoms with Crippen LogP contribution in [0.3, 0.4) is 0 Å². The fourth-order valence-electron chi connectivity index (χ4n) is 15.0. The predicted octanol–water partition coefficient (Wildman–Crippen LogP) is 14.9. The van der Waals surface area contributed by atoms with Gasteiger partial charge in [-0.25, -0.2) is 19.2 Å². The summed E-state index contributed by atoms with van der Waals surface area (Å²) in [5, 5.41) is 56.5. The Balaban J connectivity index is 0.00000264. The maximum Gasteiger partial charge on any atom is 0.335 e. The topological polar surface area (TPSA) is 604 Å². The monoisotopic (exact) mass is 2020 g/mol. The average Bonchev–Trinajstić information content (AvgIpc) is 0.901. The summed E-state index contributed by atoms with van der Waals surface area (Å²) in [6, 6.07) is 7.49. The van der Waals surface area contributed by atoms with E-state index >= 15 is 0 Å². The molecule has 0 aromatic heterocycles. The summed E-state index contributed by atoms with van der Waals surface area (Å²) in [7, 11) is 0. The first-order valence-electron chi connectivity index (χ1n) is 53.3. The predicted molar refractivity (Wildman–Crippen MR) is 556 cm³/mol. The van der Waals surface area contributed by atoms with Gasteiger partial charge in [0.2, 0.25) is 41.4 Å². The van der Waals surface area contributed by atoms with Crippen molar-refractivity contribution < 1.29 is 111 Å². The molecule has 0 radical (unpaired) electrons. The Morgan fingerprint density at radius 2 is 0.517 bits per heavy atom. The van der Waals surface area contributed by atoms with Crippen molar-refractivity contribution in [2.24, 2.45) is 40.0 Å². The third-order valence-corrected chi connectivity index (χ3v) is 25.2. The molecule has 0 unspecified atom stereocenters. The molecule has 21 N–H and O–H groups in total. The summed E-state index contributed by atoms with van der Waals surface area (Å²) in [5.41, 5.74) is 30.1. The molecule has 0 fully saturated rings. The van der Waals surface area contributed by atoms with E-state index in [1.807, 2.05) is 27.7 Å². The van der Waals surface area contributed by atoms with Crippen molar-refractivity contribution in [1.82, 2.24) is 37.2 Å². The molecule has 35 nitrogen and oxygen atoms in total. The Morgan fingerprint density at radius 1 is 0.280 bits per heavy atom. The lowest BCUT2D eigenvalue weighted by atomic mass is 9.92. The molecule has 0 saturated carbocycles. The number of benzene rings is 2. The largest absolute Gasteiger partial charge is 0.494 e. The number of carboxylic acid groups (broad SMARTS) is 4. The molecule has 0 bridgehead atoms. The number of hydrogen-bond donors (Lipinski definition) is 16.